The smallest absolute Gasteiger partial charge is 0.244 e. The van der Waals surface area contributed by atoms with Crippen molar-refractivity contribution in [1.82, 2.24) is 5.32 Å². The average Bonchev–Trinajstić information content (AvgIpc) is 2.94. The molecule has 254 valence electrons. The quantitative estimate of drug-likeness (QED) is 0.0721. The van der Waals surface area contributed by atoms with Gasteiger partial charge in [0.15, 0.2) is 8.32 Å². The summed E-state index contributed by atoms with van der Waals surface area (Å²) in [7, 11) is -0.550. The number of carbonyl (C=O) groups is 1. The minimum absolute atomic E-state index is 0.0112. The van der Waals surface area contributed by atoms with Crippen LogP contribution in [0, 0.1) is 11.8 Å². The fourth-order valence-corrected chi connectivity index (χ4v) is 8.55. The third-order valence-electron chi connectivity index (χ3n) is 8.89. The van der Waals surface area contributed by atoms with E-state index in [1.165, 1.54) is 0 Å². The molecular weight excluding hydrogens is 595 g/mol. The van der Waals surface area contributed by atoms with Crippen molar-refractivity contribution < 1.29 is 23.8 Å². The van der Waals surface area contributed by atoms with Crippen molar-refractivity contribution >= 4 is 28.4 Å². The van der Waals surface area contributed by atoms with E-state index in [1.54, 1.807) is 26.4 Å². The van der Waals surface area contributed by atoms with Gasteiger partial charge in [0.2, 0.25) is 5.91 Å². The van der Waals surface area contributed by atoms with Gasteiger partial charge in [0.05, 0.1) is 33.0 Å². The first-order valence-corrected chi connectivity index (χ1v) is 22.8. The summed E-state index contributed by atoms with van der Waals surface area (Å²) in [6, 6.07) is 10.2. The third-order valence-corrected chi connectivity index (χ3v) is 15.8. The second-order valence-corrected chi connectivity index (χ2v) is 24.9. The minimum Gasteiger partial charge on any atom is -0.412 e. The molecule has 0 saturated heterocycles. The third kappa shape index (κ3) is 14.1. The zero-order chi connectivity index (χ0) is 34.4. The maximum absolute atomic E-state index is 13.4. The number of aliphatic hydroxyl groups excluding tert-OH is 1. The number of carbonyl (C=O) groups excluding carboxylic acids is 1. The van der Waals surface area contributed by atoms with Crippen LogP contribution in [0.2, 0.25) is 37.8 Å². The molecule has 2 unspecified atom stereocenters. The number of hydrogen-bond donors (Lipinski definition) is 2. The molecule has 2 N–H and O–H groups in total. The monoisotopic (exact) mass is 657 g/mol. The SMILES string of the molecule is CO[C@H]([C@H](C)[C@H](/C=C/c1ccccc1)OC)[C@@H](C)/C=C/C(C)=C/C(=O)NC(C(C/C=C\CO)O[Si](C)(C)C(C)(C)C)[Si](C)(C)C. The second kappa shape index (κ2) is 18.9. The van der Waals surface area contributed by atoms with Crippen molar-refractivity contribution in [3.63, 3.8) is 0 Å². The van der Waals surface area contributed by atoms with Gasteiger partial charge in [0.1, 0.15) is 0 Å². The minimum atomic E-state index is -2.11. The number of amides is 1. The van der Waals surface area contributed by atoms with E-state index in [1.807, 2.05) is 37.3 Å². The fourth-order valence-electron chi connectivity index (χ4n) is 5.18. The summed E-state index contributed by atoms with van der Waals surface area (Å²) in [6.07, 6.45) is 14.0. The molecule has 1 amide bonds. The van der Waals surface area contributed by atoms with E-state index in [0.717, 1.165) is 11.1 Å². The van der Waals surface area contributed by atoms with Gasteiger partial charge in [0.25, 0.3) is 0 Å². The Morgan fingerprint density at radius 2 is 1.60 bits per heavy atom. The number of nitrogens with one attached hydrogen (secondary N) is 1. The zero-order valence-electron chi connectivity index (χ0n) is 30.4. The van der Waals surface area contributed by atoms with Crippen LogP contribution in [0.25, 0.3) is 6.08 Å². The largest absolute Gasteiger partial charge is 0.412 e. The summed E-state index contributed by atoms with van der Waals surface area (Å²) in [5.41, 5.74) is 1.90. The lowest BCUT2D eigenvalue weighted by Crippen LogP contribution is -2.60. The molecular formula is C37H63NO5Si2. The Kier molecular flexibility index (Phi) is 17.2. The summed E-state index contributed by atoms with van der Waals surface area (Å²) in [4.78, 5) is 13.4. The van der Waals surface area contributed by atoms with E-state index in [9.17, 15) is 9.90 Å². The first kappa shape index (κ1) is 40.9. The van der Waals surface area contributed by atoms with Crippen LogP contribution in [0.5, 0.6) is 0 Å². The van der Waals surface area contributed by atoms with Crippen LogP contribution < -0.4 is 5.32 Å². The molecule has 0 aliphatic carbocycles. The lowest BCUT2D eigenvalue weighted by atomic mass is 9.88. The van der Waals surface area contributed by atoms with Crippen molar-refractivity contribution in [2.45, 2.75) is 110 Å². The van der Waals surface area contributed by atoms with Gasteiger partial charge < -0.3 is 24.3 Å². The Morgan fingerprint density at radius 1 is 0.978 bits per heavy atom. The first-order valence-electron chi connectivity index (χ1n) is 16.3. The molecule has 8 heteroatoms. The van der Waals surface area contributed by atoms with Crippen LogP contribution in [0.15, 0.2) is 72.4 Å². The van der Waals surface area contributed by atoms with Gasteiger partial charge in [0, 0.05) is 37.8 Å². The molecule has 6 nitrogen and oxygen atoms in total. The Hall–Kier alpha value is -2.08. The topological polar surface area (TPSA) is 77.0 Å². The van der Waals surface area contributed by atoms with E-state index in [-0.39, 0.29) is 53.4 Å². The highest BCUT2D eigenvalue weighted by Crippen LogP contribution is 2.38. The molecule has 1 aromatic carbocycles. The molecule has 0 bridgehead atoms. The van der Waals surface area contributed by atoms with E-state index < -0.39 is 16.4 Å². The molecule has 0 aliphatic heterocycles. The molecule has 6 atom stereocenters. The van der Waals surface area contributed by atoms with Gasteiger partial charge in [-0.15, -0.1) is 0 Å². The van der Waals surface area contributed by atoms with Crippen LogP contribution >= 0.6 is 0 Å². The predicted molar refractivity (Wildman–Crippen MR) is 196 cm³/mol. The van der Waals surface area contributed by atoms with E-state index in [4.69, 9.17) is 13.9 Å². The van der Waals surface area contributed by atoms with E-state index in [2.05, 4.69) is 103 Å². The standard InChI is InChI=1S/C37H63NO5Si2/c1-28(22-23-29(2)35(42-8)30(3)32(41-7)25-24-31-19-15-14-16-20-31)27-34(40)38-36(44(9,10)11)33(21-17-18-26-39)43-45(12,13)37(4,5)6/h14-20,22-25,27,29-30,32-33,35-36,39H,21,26H2,1-13H3,(H,38,40)/b18-17-,23-22+,25-24+,28-27+/t29-,30+,32-,33?,35-,36?/m0/s1. The van der Waals surface area contributed by atoms with E-state index >= 15 is 0 Å². The number of methoxy groups -OCH3 is 2. The van der Waals surface area contributed by atoms with Crippen molar-refractivity contribution in [2.75, 3.05) is 20.8 Å². The number of benzene rings is 1. The molecule has 0 fully saturated rings. The zero-order valence-corrected chi connectivity index (χ0v) is 32.4. The Bertz CT molecular complexity index is 1130. The second-order valence-electron chi connectivity index (χ2n) is 14.8. The van der Waals surface area contributed by atoms with Crippen molar-refractivity contribution in [3.05, 3.63) is 77.9 Å². The summed E-state index contributed by atoms with van der Waals surface area (Å²) in [5.74, 6) is 0.0753. The molecule has 0 radical (unpaired) electrons. The highest BCUT2D eigenvalue weighted by Gasteiger charge is 2.43. The van der Waals surface area contributed by atoms with Crippen LogP contribution in [-0.4, -0.2) is 72.2 Å². The summed E-state index contributed by atoms with van der Waals surface area (Å²) in [6.45, 7) is 24.2. The number of ether oxygens (including phenoxy) is 2. The van der Waals surface area contributed by atoms with Crippen molar-refractivity contribution in [1.29, 1.82) is 0 Å². The van der Waals surface area contributed by atoms with Crippen LogP contribution in [0.4, 0.5) is 0 Å². The number of hydrogen-bond acceptors (Lipinski definition) is 5. The number of rotatable bonds is 18. The molecule has 0 heterocycles. The van der Waals surface area contributed by atoms with Crippen LogP contribution in [-0.2, 0) is 18.7 Å². The number of aliphatic hydroxyl groups is 1. The van der Waals surface area contributed by atoms with Gasteiger partial charge in [-0.2, -0.15) is 0 Å². The van der Waals surface area contributed by atoms with Gasteiger partial charge in [-0.25, -0.2) is 0 Å². The molecule has 0 saturated carbocycles. The van der Waals surface area contributed by atoms with Crippen LogP contribution in [0.3, 0.4) is 0 Å². The van der Waals surface area contributed by atoms with Gasteiger partial charge in [-0.05, 0) is 42.6 Å². The van der Waals surface area contributed by atoms with Gasteiger partial charge >= 0.3 is 0 Å². The Morgan fingerprint density at radius 3 is 2.11 bits per heavy atom. The Balaban J connectivity index is 3.11. The lowest BCUT2D eigenvalue weighted by molar-refractivity contribution is -0.117. The molecule has 1 aromatic rings. The van der Waals surface area contributed by atoms with Crippen LogP contribution in [0.1, 0.15) is 53.5 Å². The maximum atomic E-state index is 13.4. The summed E-state index contributed by atoms with van der Waals surface area (Å²) < 4.78 is 18.7. The normalized spacial score (nSPS) is 17.9. The maximum Gasteiger partial charge on any atom is 0.244 e. The molecule has 0 spiro atoms. The molecule has 1 rings (SSSR count). The predicted octanol–water partition coefficient (Wildman–Crippen LogP) is 8.20. The molecule has 0 aromatic heterocycles. The van der Waals surface area contributed by atoms with Crippen molar-refractivity contribution in [3.8, 4) is 0 Å². The number of allylic oxidation sites excluding steroid dienone is 2. The van der Waals surface area contributed by atoms with Gasteiger partial charge in [-0.3, -0.25) is 4.79 Å². The first-order chi connectivity index (χ1) is 20.9. The van der Waals surface area contributed by atoms with Gasteiger partial charge in [-0.1, -0.05) is 121 Å². The molecule has 45 heavy (non-hydrogen) atoms. The molecule has 0 aliphatic rings. The average molecular weight is 658 g/mol. The fraction of sp³-hybridized carbons (Fsp3) is 0.595. The summed E-state index contributed by atoms with van der Waals surface area (Å²) >= 11 is 0. The highest BCUT2D eigenvalue weighted by atomic mass is 28.4. The Labute approximate surface area is 277 Å². The lowest BCUT2D eigenvalue weighted by Gasteiger charge is -2.44. The highest BCUT2D eigenvalue weighted by molar-refractivity contribution is 6.78. The van der Waals surface area contributed by atoms with Crippen molar-refractivity contribution in [2.24, 2.45) is 11.8 Å². The summed E-state index contributed by atoms with van der Waals surface area (Å²) in [5, 5.41) is 12.7. The van der Waals surface area contributed by atoms with E-state index in [0.29, 0.717) is 6.42 Å².